The Labute approximate surface area is 207 Å². The smallest absolute Gasteiger partial charge is 0.276 e. The molecule has 4 aromatic heterocycles. The monoisotopic (exact) mass is 473 g/mol. The maximum atomic E-state index is 12.6. The van der Waals surface area contributed by atoms with Crippen molar-refractivity contribution in [2.45, 2.75) is 104 Å². The zero-order chi connectivity index (χ0) is 24.5. The summed E-state index contributed by atoms with van der Waals surface area (Å²) in [6.45, 7) is 8.28. The lowest BCUT2D eigenvalue weighted by atomic mass is 9.84. The number of aromatic nitrogens is 5. The van der Waals surface area contributed by atoms with Gasteiger partial charge in [-0.05, 0) is 76.5 Å². The van der Waals surface area contributed by atoms with E-state index in [1.54, 1.807) is 4.52 Å². The lowest BCUT2D eigenvalue weighted by Crippen LogP contribution is -2.25. The number of hydrogen-bond acceptors (Lipinski definition) is 3. The maximum absolute atomic E-state index is 12.6. The molecule has 0 atom stereocenters. The van der Waals surface area contributed by atoms with E-state index in [-0.39, 0.29) is 5.56 Å². The number of nitrogens with one attached hydrogen (secondary N) is 1. The predicted octanol–water partition coefficient (Wildman–Crippen LogP) is 6.69. The van der Waals surface area contributed by atoms with Crippen molar-refractivity contribution in [3.8, 4) is 0 Å². The Balaban J connectivity index is 0.000000145. The zero-order valence-corrected chi connectivity index (χ0v) is 21.7. The first kappa shape index (κ1) is 23.8. The first-order chi connectivity index (χ1) is 16.9. The molecule has 0 amide bonds. The molecule has 2 saturated carbocycles. The van der Waals surface area contributed by atoms with Crippen molar-refractivity contribution in [3.05, 3.63) is 68.5 Å². The van der Waals surface area contributed by atoms with Gasteiger partial charge in [-0.25, -0.2) is 14.0 Å². The lowest BCUT2D eigenvalue weighted by molar-refractivity contribution is 0.429. The predicted molar refractivity (Wildman–Crippen MR) is 142 cm³/mol. The van der Waals surface area contributed by atoms with Crippen LogP contribution in [-0.2, 0) is 0 Å². The average Bonchev–Trinajstić information content (AvgIpc) is 3.42. The van der Waals surface area contributed by atoms with Crippen LogP contribution in [0.2, 0.25) is 0 Å². The van der Waals surface area contributed by atoms with Gasteiger partial charge in [0.15, 0.2) is 5.65 Å². The molecule has 0 spiro atoms. The van der Waals surface area contributed by atoms with E-state index in [2.05, 4.69) is 45.7 Å². The van der Waals surface area contributed by atoms with Gasteiger partial charge < -0.3 is 0 Å². The van der Waals surface area contributed by atoms with Gasteiger partial charge >= 0.3 is 0 Å². The van der Waals surface area contributed by atoms with E-state index in [1.807, 2.05) is 26.1 Å². The van der Waals surface area contributed by atoms with Crippen LogP contribution in [0.3, 0.4) is 0 Å². The summed E-state index contributed by atoms with van der Waals surface area (Å²) in [7, 11) is 0. The highest BCUT2D eigenvalue weighted by Crippen LogP contribution is 2.35. The summed E-state index contributed by atoms with van der Waals surface area (Å²) in [6, 6.07) is 6.37. The molecule has 0 aromatic carbocycles. The molecular formula is C29H39N5O. The largest absolute Gasteiger partial charge is 0.294 e. The molecule has 6 nitrogen and oxygen atoms in total. The second-order valence-electron chi connectivity index (χ2n) is 10.7. The molecule has 0 bridgehead atoms. The molecular weight excluding hydrogens is 434 g/mol. The van der Waals surface area contributed by atoms with E-state index in [1.165, 1.54) is 73.7 Å². The van der Waals surface area contributed by atoms with Crippen molar-refractivity contribution in [1.82, 2.24) is 24.2 Å². The third-order valence-electron chi connectivity index (χ3n) is 8.10. The molecule has 1 N–H and O–H groups in total. The van der Waals surface area contributed by atoms with Crippen LogP contribution in [0.4, 0.5) is 0 Å². The second-order valence-corrected chi connectivity index (χ2v) is 10.7. The molecule has 186 valence electrons. The topological polar surface area (TPSA) is 67.5 Å². The van der Waals surface area contributed by atoms with Crippen molar-refractivity contribution >= 4 is 11.2 Å². The normalized spacial score (nSPS) is 17.6. The van der Waals surface area contributed by atoms with E-state index < -0.39 is 0 Å². The van der Waals surface area contributed by atoms with Crippen LogP contribution in [0.15, 0.2) is 29.2 Å². The van der Waals surface area contributed by atoms with Crippen molar-refractivity contribution in [2.24, 2.45) is 0 Å². The first-order valence-corrected chi connectivity index (χ1v) is 13.5. The van der Waals surface area contributed by atoms with Crippen LogP contribution in [-0.4, -0.2) is 24.2 Å². The molecule has 0 saturated heterocycles. The molecule has 4 aromatic rings. The Bertz CT molecular complexity index is 1380. The highest BCUT2D eigenvalue weighted by molar-refractivity contribution is 5.55. The minimum atomic E-state index is 0.0949. The van der Waals surface area contributed by atoms with Crippen molar-refractivity contribution in [3.63, 3.8) is 0 Å². The fourth-order valence-corrected chi connectivity index (χ4v) is 6.29. The van der Waals surface area contributed by atoms with E-state index in [0.29, 0.717) is 11.8 Å². The van der Waals surface area contributed by atoms with Crippen LogP contribution >= 0.6 is 0 Å². The summed E-state index contributed by atoms with van der Waals surface area (Å²) in [6.07, 6.45) is 14.8. The molecule has 6 heteroatoms. The van der Waals surface area contributed by atoms with Gasteiger partial charge in [0.25, 0.3) is 5.56 Å². The Morgan fingerprint density at radius 3 is 2.20 bits per heavy atom. The Morgan fingerprint density at radius 1 is 0.857 bits per heavy atom. The van der Waals surface area contributed by atoms with Crippen LogP contribution in [0.1, 0.15) is 110 Å². The molecule has 35 heavy (non-hydrogen) atoms. The molecule has 6 rings (SSSR count). The molecule has 0 radical (unpaired) electrons. The number of nitrogens with zero attached hydrogens (tertiary/aromatic N) is 4. The number of fused-ring (bicyclic) bond motifs is 2. The summed E-state index contributed by atoms with van der Waals surface area (Å²) in [5, 5.41) is 7.65. The third kappa shape index (κ3) is 4.67. The number of rotatable bonds is 2. The van der Waals surface area contributed by atoms with E-state index >= 15 is 0 Å². The van der Waals surface area contributed by atoms with Crippen LogP contribution < -0.4 is 5.56 Å². The Morgan fingerprint density at radius 2 is 1.51 bits per heavy atom. The quantitative estimate of drug-likeness (QED) is 0.353. The van der Waals surface area contributed by atoms with E-state index in [0.717, 1.165) is 35.4 Å². The zero-order valence-electron chi connectivity index (χ0n) is 21.7. The van der Waals surface area contributed by atoms with Gasteiger partial charge in [0, 0.05) is 34.6 Å². The van der Waals surface area contributed by atoms with Gasteiger partial charge in [-0.2, -0.15) is 5.10 Å². The fourth-order valence-electron chi connectivity index (χ4n) is 6.29. The highest BCUT2D eigenvalue weighted by atomic mass is 16.1. The maximum Gasteiger partial charge on any atom is 0.276 e. The van der Waals surface area contributed by atoms with Crippen LogP contribution in [0.25, 0.3) is 11.2 Å². The molecule has 0 aliphatic heterocycles. The standard InChI is InChI=1S/C15H20N2.C14H19N3O/c1-11-8-9-14-12(2)10-16-17(14)15(11)13-6-4-3-5-7-13;1-9-8-12-15-10(2)13(14(18)17(12)16-9)11-6-4-3-5-7-11/h8-10,13H,3-7H2,1-2H3;8,11,16H,3-7H2,1-2H3. The molecule has 2 aliphatic carbocycles. The number of hydrogen-bond donors (Lipinski definition) is 1. The lowest BCUT2D eigenvalue weighted by Gasteiger charge is -2.24. The SMILES string of the molecule is Cc1cc2nc(C)c(C3CCCCC3)c(=O)n2[nH]1.Cc1ccc2c(C)cnn2c1C1CCCCC1. The minimum absolute atomic E-state index is 0.0949. The minimum Gasteiger partial charge on any atom is -0.294 e. The number of H-pyrrole nitrogens is 1. The molecule has 0 unspecified atom stereocenters. The van der Waals surface area contributed by atoms with E-state index in [9.17, 15) is 4.79 Å². The fraction of sp³-hybridized carbons (Fsp3) is 0.552. The van der Waals surface area contributed by atoms with Crippen LogP contribution in [0.5, 0.6) is 0 Å². The van der Waals surface area contributed by atoms with Crippen molar-refractivity contribution in [2.75, 3.05) is 0 Å². The van der Waals surface area contributed by atoms with Crippen molar-refractivity contribution in [1.29, 1.82) is 0 Å². The van der Waals surface area contributed by atoms with Gasteiger partial charge in [-0.15, -0.1) is 0 Å². The van der Waals surface area contributed by atoms with Gasteiger partial charge in [0.2, 0.25) is 0 Å². The summed E-state index contributed by atoms with van der Waals surface area (Å²) in [5.74, 6) is 1.12. The third-order valence-corrected chi connectivity index (χ3v) is 8.10. The van der Waals surface area contributed by atoms with Gasteiger partial charge in [0.1, 0.15) is 0 Å². The summed E-state index contributed by atoms with van der Waals surface area (Å²) in [5.41, 5.74) is 9.04. The second kappa shape index (κ2) is 10.00. The Kier molecular flexibility index (Phi) is 6.81. The summed E-state index contributed by atoms with van der Waals surface area (Å²) in [4.78, 5) is 17.1. The molecule has 2 aliphatic rings. The van der Waals surface area contributed by atoms with E-state index in [4.69, 9.17) is 0 Å². The number of aromatic amines is 1. The highest BCUT2D eigenvalue weighted by Gasteiger charge is 2.23. The molecule has 2 fully saturated rings. The molecule has 4 heterocycles. The van der Waals surface area contributed by atoms with Gasteiger partial charge in [-0.3, -0.25) is 9.89 Å². The number of aryl methyl sites for hydroxylation is 4. The summed E-state index contributed by atoms with van der Waals surface area (Å²) >= 11 is 0. The van der Waals surface area contributed by atoms with Gasteiger partial charge in [0.05, 0.1) is 11.7 Å². The average molecular weight is 474 g/mol. The number of pyridine rings is 1. The Hall–Kier alpha value is -2.89. The summed E-state index contributed by atoms with van der Waals surface area (Å²) < 4.78 is 3.77. The van der Waals surface area contributed by atoms with Crippen molar-refractivity contribution < 1.29 is 0 Å². The van der Waals surface area contributed by atoms with Gasteiger partial charge in [-0.1, -0.05) is 44.6 Å². The van der Waals surface area contributed by atoms with Crippen LogP contribution in [0, 0.1) is 27.7 Å². The first-order valence-electron chi connectivity index (χ1n) is 13.5.